The molecule has 2 rings (SSSR count). The standard InChI is InChI=1S/C14H24N4/c1-4-18-10-16-17-14(18)9-15-8-13-6-11(2)5-12(3)7-13/h5,10-11,13,15H,4,6-9H2,1-3H3. The molecular weight excluding hydrogens is 224 g/mol. The second-order valence-corrected chi connectivity index (χ2v) is 5.46. The molecule has 4 heteroatoms. The summed E-state index contributed by atoms with van der Waals surface area (Å²) in [5.41, 5.74) is 1.54. The molecule has 4 nitrogen and oxygen atoms in total. The highest BCUT2D eigenvalue weighted by Crippen LogP contribution is 2.27. The van der Waals surface area contributed by atoms with E-state index in [-0.39, 0.29) is 0 Å². The number of aryl methyl sites for hydroxylation is 1. The van der Waals surface area contributed by atoms with Crippen LogP contribution in [0.25, 0.3) is 0 Å². The second-order valence-electron chi connectivity index (χ2n) is 5.46. The summed E-state index contributed by atoms with van der Waals surface area (Å²) in [6, 6.07) is 0. The van der Waals surface area contributed by atoms with Gasteiger partial charge in [-0.1, -0.05) is 18.6 Å². The van der Waals surface area contributed by atoms with Gasteiger partial charge in [0.15, 0.2) is 0 Å². The Hall–Kier alpha value is -1.16. The van der Waals surface area contributed by atoms with Crippen LogP contribution in [0.2, 0.25) is 0 Å². The van der Waals surface area contributed by atoms with Crippen LogP contribution in [0.4, 0.5) is 0 Å². The maximum Gasteiger partial charge on any atom is 0.146 e. The zero-order chi connectivity index (χ0) is 13.0. The Morgan fingerprint density at radius 1 is 1.50 bits per heavy atom. The molecule has 0 amide bonds. The average Bonchev–Trinajstić information content (AvgIpc) is 2.75. The van der Waals surface area contributed by atoms with E-state index in [1.165, 1.54) is 18.4 Å². The van der Waals surface area contributed by atoms with Gasteiger partial charge in [-0.05, 0) is 45.1 Å². The molecule has 1 aromatic rings. The first-order valence-corrected chi connectivity index (χ1v) is 6.93. The lowest BCUT2D eigenvalue weighted by Crippen LogP contribution is -2.27. The average molecular weight is 248 g/mol. The number of nitrogens with zero attached hydrogens (tertiary/aromatic N) is 3. The summed E-state index contributed by atoms with van der Waals surface area (Å²) in [6.07, 6.45) is 6.74. The molecule has 0 aliphatic heterocycles. The van der Waals surface area contributed by atoms with Gasteiger partial charge in [0.25, 0.3) is 0 Å². The summed E-state index contributed by atoms with van der Waals surface area (Å²) in [7, 11) is 0. The molecule has 1 N–H and O–H groups in total. The Morgan fingerprint density at radius 2 is 2.33 bits per heavy atom. The summed E-state index contributed by atoms with van der Waals surface area (Å²) in [4.78, 5) is 0. The molecule has 0 radical (unpaired) electrons. The van der Waals surface area contributed by atoms with Gasteiger partial charge in [-0.2, -0.15) is 0 Å². The van der Waals surface area contributed by atoms with Crippen molar-refractivity contribution in [1.29, 1.82) is 0 Å². The third-order valence-electron chi connectivity index (χ3n) is 3.64. The third-order valence-corrected chi connectivity index (χ3v) is 3.64. The molecule has 100 valence electrons. The molecule has 0 bridgehead atoms. The predicted molar refractivity (Wildman–Crippen MR) is 73.0 cm³/mol. The van der Waals surface area contributed by atoms with Crippen molar-refractivity contribution in [1.82, 2.24) is 20.1 Å². The molecule has 1 aliphatic carbocycles. The first kappa shape index (κ1) is 13.3. The van der Waals surface area contributed by atoms with Gasteiger partial charge in [-0.3, -0.25) is 0 Å². The fraction of sp³-hybridized carbons (Fsp3) is 0.714. The number of hydrogen-bond acceptors (Lipinski definition) is 3. The number of rotatable bonds is 5. The molecule has 0 fully saturated rings. The molecule has 0 aromatic carbocycles. The van der Waals surface area contributed by atoms with Crippen LogP contribution in [0.1, 0.15) is 39.4 Å². The molecule has 0 saturated carbocycles. The minimum absolute atomic E-state index is 0.727. The summed E-state index contributed by atoms with van der Waals surface area (Å²) >= 11 is 0. The summed E-state index contributed by atoms with van der Waals surface area (Å²) in [6.45, 7) is 9.50. The van der Waals surface area contributed by atoms with Crippen molar-refractivity contribution < 1.29 is 0 Å². The van der Waals surface area contributed by atoms with E-state index in [1.54, 1.807) is 6.33 Å². The van der Waals surface area contributed by atoms with E-state index in [1.807, 2.05) is 0 Å². The lowest BCUT2D eigenvalue weighted by Gasteiger charge is -2.25. The van der Waals surface area contributed by atoms with Crippen LogP contribution in [0, 0.1) is 11.8 Å². The number of allylic oxidation sites excluding steroid dienone is 2. The first-order chi connectivity index (χ1) is 8.69. The number of nitrogens with one attached hydrogen (secondary N) is 1. The Labute approximate surface area is 109 Å². The van der Waals surface area contributed by atoms with Crippen molar-refractivity contribution in [3.05, 3.63) is 23.8 Å². The van der Waals surface area contributed by atoms with Crippen LogP contribution in [-0.4, -0.2) is 21.3 Å². The Kier molecular flexibility index (Phi) is 4.53. The topological polar surface area (TPSA) is 42.7 Å². The molecule has 1 heterocycles. The molecule has 0 spiro atoms. The molecular formula is C14H24N4. The Morgan fingerprint density at radius 3 is 3.06 bits per heavy atom. The van der Waals surface area contributed by atoms with E-state index in [0.717, 1.165) is 37.3 Å². The fourth-order valence-corrected chi connectivity index (χ4v) is 2.91. The highest BCUT2D eigenvalue weighted by atomic mass is 15.3. The van der Waals surface area contributed by atoms with E-state index in [2.05, 4.69) is 46.9 Å². The van der Waals surface area contributed by atoms with Crippen molar-refractivity contribution in [3.8, 4) is 0 Å². The molecule has 2 unspecified atom stereocenters. The second kappa shape index (κ2) is 6.14. The molecule has 0 saturated heterocycles. The zero-order valence-electron chi connectivity index (χ0n) is 11.7. The lowest BCUT2D eigenvalue weighted by atomic mass is 9.84. The maximum absolute atomic E-state index is 4.14. The van der Waals surface area contributed by atoms with Gasteiger partial charge in [0.1, 0.15) is 12.2 Å². The molecule has 18 heavy (non-hydrogen) atoms. The molecule has 1 aliphatic rings. The summed E-state index contributed by atoms with van der Waals surface area (Å²) < 4.78 is 2.08. The van der Waals surface area contributed by atoms with Gasteiger partial charge in [0.05, 0.1) is 6.54 Å². The van der Waals surface area contributed by atoms with E-state index in [0.29, 0.717) is 0 Å². The Bertz CT molecular complexity index is 408. The largest absolute Gasteiger partial charge is 0.317 e. The number of aromatic nitrogens is 3. The third kappa shape index (κ3) is 3.42. The monoisotopic (exact) mass is 248 g/mol. The van der Waals surface area contributed by atoms with E-state index in [4.69, 9.17) is 0 Å². The van der Waals surface area contributed by atoms with Crippen molar-refractivity contribution in [2.75, 3.05) is 6.54 Å². The van der Waals surface area contributed by atoms with Gasteiger partial charge in [-0.25, -0.2) is 0 Å². The highest BCUT2D eigenvalue weighted by Gasteiger charge is 2.17. The first-order valence-electron chi connectivity index (χ1n) is 6.93. The summed E-state index contributed by atoms with van der Waals surface area (Å²) in [5, 5.41) is 11.6. The SMILES string of the molecule is CCn1cnnc1CNCC1CC(C)=CC(C)C1. The minimum atomic E-state index is 0.727. The zero-order valence-corrected chi connectivity index (χ0v) is 11.7. The number of hydrogen-bond donors (Lipinski definition) is 1. The van der Waals surface area contributed by atoms with Crippen LogP contribution >= 0.6 is 0 Å². The van der Waals surface area contributed by atoms with Gasteiger partial charge < -0.3 is 9.88 Å². The summed E-state index contributed by atoms with van der Waals surface area (Å²) in [5.74, 6) is 2.53. The van der Waals surface area contributed by atoms with Crippen LogP contribution in [0.3, 0.4) is 0 Å². The van der Waals surface area contributed by atoms with Gasteiger partial charge in [0, 0.05) is 6.54 Å². The molecule has 2 atom stereocenters. The van der Waals surface area contributed by atoms with Gasteiger partial charge >= 0.3 is 0 Å². The van der Waals surface area contributed by atoms with Crippen molar-refractivity contribution in [2.24, 2.45) is 11.8 Å². The Balaban J connectivity index is 1.77. The van der Waals surface area contributed by atoms with Crippen molar-refractivity contribution in [2.45, 2.75) is 46.7 Å². The fourth-order valence-electron chi connectivity index (χ4n) is 2.91. The van der Waals surface area contributed by atoms with Gasteiger partial charge in [0.2, 0.25) is 0 Å². The van der Waals surface area contributed by atoms with E-state index in [9.17, 15) is 0 Å². The van der Waals surface area contributed by atoms with Crippen LogP contribution < -0.4 is 5.32 Å². The quantitative estimate of drug-likeness (QED) is 0.814. The highest BCUT2D eigenvalue weighted by molar-refractivity contribution is 5.06. The van der Waals surface area contributed by atoms with Crippen molar-refractivity contribution >= 4 is 0 Å². The van der Waals surface area contributed by atoms with Crippen molar-refractivity contribution in [3.63, 3.8) is 0 Å². The normalized spacial score (nSPS) is 24.1. The van der Waals surface area contributed by atoms with Crippen LogP contribution in [0.5, 0.6) is 0 Å². The van der Waals surface area contributed by atoms with Gasteiger partial charge in [-0.15, -0.1) is 10.2 Å². The minimum Gasteiger partial charge on any atom is -0.317 e. The smallest absolute Gasteiger partial charge is 0.146 e. The van der Waals surface area contributed by atoms with E-state index < -0.39 is 0 Å². The predicted octanol–water partition coefficient (Wildman–Crippen LogP) is 2.38. The van der Waals surface area contributed by atoms with Crippen LogP contribution in [0.15, 0.2) is 18.0 Å². The maximum atomic E-state index is 4.14. The van der Waals surface area contributed by atoms with E-state index >= 15 is 0 Å². The lowest BCUT2D eigenvalue weighted by molar-refractivity contribution is 0.378. The molecule has 1 aromatic heterocycles. The van der Waals surface area contributed by atoms with Crippen LogP contribution in [-0.2, 0) is 13.1 Å².